The molecule has 0 radical (unpaired) electrons. The Hall–Kier alpha value is -2.61. The second kappa shape index (κ2) is 10.3. The predicted octanol–water partition coefficient (Wildman–Crippen LogP) is 1.97. The summed E-state index contributed by atoms with van der Waals surface area (Å²) >= 11 is 0. The van der Waals surface area contributed by atoms with Gasteiger partial charge >= 0.3 is 0 Å². The number of amides is 2. The van der Waals surface area contributed by atoms with Gasteiger partial charge in [-0.2, -0.15) is 0 Å². The van der Waals surface area contributed by atoms with E-state index in [-0.39, 0.29) is 30.4 Å². The second-order valence-electron chi connectivity index (χ2n) is 8.87. The van der Waals surface area contributed by atoms with Gasteiger partial charge in [0.1, 0.15) is 13.2 Å². The average Bonchev–Trinajstić information content (AvgIpc) is 2.82. The highest BCUT2D eigenvalue weighted by Gasteiger charge is 2.27. The summed E-state index contributed by atoms with van der Waals surface area (Å²) in [6.07, 6.45) is 3.73. The lowest BCUT2D eigenvalue weighted by molar-refractivity contribution is -0.137. The molecule has 0 spiro atoms. The molecule has 32 heavy (non-hydrogen) atoms. The normalized spacial score (nSPS) is 21.3. The molecule has 3 aliphatic heterocycles. The smallest absolute Gasteiger partial charge is 0.236 e. The topological polar surface area (TPSA) is 79.4 Å². The Morgan fingerprint density at radius 1 is 0.906 bits per heavy atom. The van der Waals surface area contributed by atoms with Crippen molar-refractivity contribution in [1.29, 1.82) is 0 Å². The van der Waals surface area contributed by atoms with Gasteiger partial charge in [-0.25, -0.2) is 0 Å². The van der Waals surface area contributed by atoms with Crippen LogP contribution in [0.3, 0.4) is 0 Å². The Labute approximate surface area is 189 Å². The SMILES string of the molecule is CC1CCCCN1C(=O)CN1CCN(C(=O)CCC(=O)c2ccc3c(c2)OCCO3)CC1. The van der Waals surface area contributed by atoms with Crippen molar-refractivity contribution in [3.8, 4) is 11.5 Å². The Morgan fingerprint density at radius 2 is 1.66 bits per heavy atom. The first kappa shape index (κ1) is 22.6. The van der Waals surface area contributed by atoms with Crippen molar-refractivity contribution in [3.63, 3.8) is 0 Å². The largest absolute Gasteiger partial charge is 0.486 e. The molecule has 3 aliphatic rings. The van der Waals surface area contributed by atoms with Crippen LogP contribution in [0.2, 0.25) is 0 Å². The molecule has 0 aromatic heterocycles. The number of hydrogen-bond acceptors (Lipinski definition) is 6. The zero-order valence-corrected chi connectivity index (χ0v) is 18.9. The molecule has 174 valence electrons. The van der Waals surface area contributed by atoms with E-state index >= 15 is 0 Å². The van der Waals surface area contributed by atoms with Crippen LogP contribution in [0.25, 0.3) is 0 Å². The molecule has 0 aliphatic carbocycles. The zero-order chi connectivity index (χ0) is 22.5. The summed E-state index contributed by atoms with van der Waals surface area (Å²) in [6, 6.07) is 5.49. The fourth-order valence-corrected chi connectivity index (χ4v) is 4.65. The molecule has 0 bridgehead atoms. The Kier molecular flexibility index (Phi) is 7.29. The number of carbonyl (C=O) groups is 3. The lowest BCUT2D eigenvalue weighted by Crippen LogP contribution is -2.53. The van der Waals surface area contributed by atoms with Gasteiger partial charge in [0.25, 0.3) is 0 Å². The molecule has 2 amide bonds. The van der Waals surface area contributed by atoms with E-state index in [1.54, 1.807) is 18.2 Å². The van der Waals surface area contributed by atoms with Crippen molar-refractivity contribution in [2.75, 3.05) is 52.5 Å². The number of likely N-dealkylation sites (tertiary alicyclic amines) is 1. The maximum atomic E-state index is 12.6. The lowest BCUT2D eigenvalue weighted by atomic mass is 10.0. The molecule has 1 unspecified atom stereocenters. The molecule has 3 heterocycles. The van der Waals surface area contributed by atoms with E-state index < -0.39 is 0 Å². The summed E-state index contributed by atoms with van der Waals surface area (Å²) in [4.78, 5) is 43.8. The van der Waals surface area contributed by atoms with Crippen LogP contribution in [-0.4, -0.2) is 90.8 Å². The maximum absolute atomic E-state index is 12.6. The molecule has 2 saturated heterocycles. The van der Waals surface area contributed by atoms with E-state index in [2.05, 4.69) is 11.8 Å². The van der Waals surface area contributed by atoms with Gasteiger partial charge in [-0.15, -0.1) is 0 Å². The average molecular weight is 444 g/mol. The van der Waals surface area contributed by atoms with E-state index in [0.29, 0.717) is 69.0 Å². The number of ether oxygens (including phenoxy) is 2. The first-order valence-corrected chi connectivity index (χ1v) is 11.7. The first-order valence-electron chi connectivity index (χ1n) is 11.7. The number of ketones is 1. The molecule has 4 rings (SSSR count). The molecular weight excluding hydrogens is 410 g/mol. The van der Waals surface area contributed by atoms with Gasteiger partial charge in [0.2, 0.25) is 11.8 Å². The summed E-state index contributed by atoms with van der Waals surface area (Å²) in [5, 5.41) is 0. The van der Waals surface area contributed by atoms with Crippen molar-refractivity contribution in [2.24, 2.45) is 0 Å². The van der Waals surface area contributed by atoms with E-state index in [1.807, 2.05) is 9.80 Å². The molecule has 8 nitrogen and oxygen atoms in total. The minimum Gasteiger partial charge on any atom is -0.486 e. The van der Waals surface area contributed by atoms with Crippen LogP contribution in [0.1, 0.15) is 49.4 Å². The molecule has 2 fully saturated rings. The van der Waals surface area contributed by atoms with Crippen LogP contribution >= 0.6 is 0 Å². The number of Topliss-reactive ketones (excluding diaryl/α,β-unsaturated/α-hetero) is 1. The van der Waals surface area contributed by atoms with Gasteiger partial charge in [0.15, 0.2) is 17.3 Å². The second-order valence-corrected chi connectivity index (χ2v) is 8.87. The number of piperazine rings is 1. The first-order chi connectivity index (χ1) is 15.5. The molecule has 8 heteroatoms. The van der Waals surface area contributed by atoms with E-state index in [1.165, 1.54) is 6.42 Å². The van der Waals surface area contributed by atoms with E-state index in [4.69, 9.17) is 9.47 Å². The number of fused-ring (bicyclic) bond motifs is 1. The van der Waals surface area contributed by atoms with Crippen LogP contribution in [0.5, 0.6) is 11.5 Å². The lowest BCUT2D eigenvalue weighted by Gasteiger charge is -2.38. The fourth-order valence-electron chi connectivity index (χ4n) is 4.65. The van der Waals surface area contributed by atoms with Crippen molar-refractivity contribution in [1.82, 2.24) is 14.7 Å². The van der Waals surface area contributed by atoms with Crippen LogP contribution in [0.15, 0.2) is 18.2 Å². The Balaban J connectivity index is 1.20. The molecule has 0 N–H and O–H groups in total. The standard InChI is InChI=1S/C24H33N3O5/c1-18-4-2-3-9-27(18)24(30)17-25-10-12-26(13-11-25)23(29)8-6-20(28)19-5-7-21-22(16-19)32-15-14-31-21/h5,7,16,18H,2-4,6,8-15,17H2,1H3. The summed E-state index contributed by atoms with van der Waals surface area (Å²) < 4.78 is 11.0. The highest BCUT2D eigenvalue weighted by atomic mass is 16.6. The monoisotopic (exact) mass is 443 g/mol. The van der Waals surface area contributed by atoms with Gasteiger partial charge in [-0.1, -0.05) is 0 Å². The number of nitrogens with zero attached hydrogens (tertiary/aromatic N) is 3. The van der Waals surface area contributed by atoms with Crippen molar-refractivity contribution < 1.29 is 23.9 Å². The summed E-state index contributed by atoms with van der Waals surface area (Å²) in [5.74, 6) is 1.34. The maximum Gasteiger partial charge on any atom is 0.236 e. The van der Waals surface area contributed by atoms with Crippen LogP contribution in [0.4, 0.5) is 0 Å². The zero-order valence-electron chi connectivity index (χ0n) is 18.9. The number of benzene rings is 1. The van der Waals surface area contributed by atoms with Gasteiger partial charge in [0, 0.05) is 57.2 Å². The van der Waals surface area contributed by atoms with Gasteiger partial charge < -0.3 is 19.3 Å². The summed E-state index contributed by atoms with van der Waals surface area (Å²) in [7, 11) is 0. The number of piperidine rings is 1. The van der Waals surface area contributed by atoms with E-state index in [0.717, 1.165) is 19.4 Å². The van der Waals surface area contributed by atoms with Crippen molar-refractivity contribution in [3.05, 3.63) is 23.8 Å². The van der Waals surface area contributed by atoms with Crippen LogP contribution in [0, 0.1) is 0 Å². The molecule has 0 saturated carbocycles. The molecule has 1 atom stereocenters. The third-order valence-corrected chi connectivity index (χ3v) is 6.64. The molecule has 1 aromatic rings. The summed E-state index contributed by atoms with van der Waals surface area (Å²) in [6.45, 7) is 6.96. The van der Waals surface area contributed by atoms with Crippen molar-refractivity contribution >= 4 is 17.6 Å². The fraction of sp³-hybridized carbons (Fsp3) is 0.625. The number of carbonyl (C=O) groups excluding carboxylic acids is 3. The van der Waals surface area contributed by atoms with Gasteiger partial charge in [-0.3, -0.25) is 19.3 Å². The Morgan fingerprint density at radius 3 is 2.41 bits per heavy atom. The van der Waals surface area contributed by atoms with Gasteiger partial charge in [0.05, 0.1) is 6.54 Å². The highest BCUT2D eigenvalue weighted by molar-refractivity contribution is 5.98. The molecule has 1 aromatic carbocycles. The van der Waals surface area contributed by atoms with Crippen LogP contribution in [-0.2, 0) is 9.59 Å². The molecular formula is C24H33N3O5. The Bertz CT molecular complexity index is 850. The van der Waals surface area contributed by atoms with Crippen molar-refractivity contribution in [2.45, 2.75) is 45.1 Å². The number of hydrogen-bond donors (Lipinski definition) is 0. The highest BCUT2D eigenvalue weighted by Crippen LogP contribution is 2.31. The third-order valence-electron chi connectivity index (χ3n) is 6.64. The summed E-state index contributed by atoms with van der Waals surface area (Å²) in [5.41, 5.74) is 0.539. The van der Waals surface area contributed by atoms with Gasteiger partial charge in [-0.05, 0) is 44.4 Å². The quantitative estimate of drug-likeness (QED) is 0.626. The minimum absolute atomic E-state index is 0.00785. The van der Waals surface area contributed by atoms with E-state index in [9.17, 15) is 14.4 Å². The third kappa shape index (κ3) is 5.41. The van der Waals surface area contributed by atoms with Crippen LogP contribution < -0.4 is 9.47 Å². The predicted molar refractivity (Wildman–Crippen MR) is 119 cm³/mol. The minimum atomic E-state index is -0.0739. The number of rotatable bonds is 6.